The van der Waals surface area contributed by atoms with Crippen molar-refractivity contribution in [3.63, 3.8) is 0 Å². The molecule has 0 radical (unpaired) electrons. The molecule has 0 unspecified atom stereocenters. The molecule has 0 saturated carbocycles. The fourth-order valence-electron chi connectivity index (χ4n) is 4.54. The molecule has 0 nitrogen and oxygen atoms in total. The Balaban J connectivity index is 1.23. The van der Waals surface area contributed by atoms with Gasteiger partial charge in [-0.05, 0) is 69.5 Å². The van der Waals surface area contributed by atoms with Crippen LogP contribution in [0, 0.1) is 11.6 Å². The Labute approximate surface area is 217 Å². The van der Waals surface area contributed by atoms with Gasteiger partial charge in [0.05, 0.1) is 0 Å². The monoisotopic (exact) mass is 486 g/mol. The van der Waals surface area contributed by atoms with E-state index in [1.165, 1.54) is 34.9 Å². The number of benzene rings is 5. The van der Waals surface area contributed by atoms with Crippen molar-refractivity contribution in [2.75, 3.05) is 0 Å². The first kappa shape index (κ1) is 24.4. The van der Waals surface area contributed by atoms with Crippen LogP contribution in [-0.2, 0) is 6.42 Å². The van der Waals surface area contributed by atoms with Crippen molar-refractivity contribution in [3.8, 4) is 22.3 Å². The lowest BCUT2D eigenvalue weighted by Crippen LogP contribution is -1.98. The van der Waals surface area contributed by atoms with Crippen molar-refractivity contribution in [1.82, 2.24) is 0 Å². The molecule has 5 aromatic rings. The lowest BCUT2D eigenvalue weighted by atomic mass is 9.93. The van der Waals surface area contributed by atoms with Crippen molar-refractivity contribution in [3.05, 3.63) is 155 Å². The smallest absolute Gasteiger partial charge is 0.131 e. The molecular formula is C35H28F2. The highest BCUT2D eigenvalue weighted by atomic mass is 19.1. The molecule has 0 aliphatic heterocycles. The van der Waals surface area contributed by atoms with E-state index < -0.39 is 0 Å². The maximum atomic E-state index is 14.7. The number of halogens is 2. The Morgan fingerprint density at radius 1 is 0.595 bits per heavy atom. The molecule has 0 aliphatic rings. The van der Waals surface area contributed by atoms with E-state index in [1.54, 1.807) is 24.3 Å². The van der Waals surface area contributed by atoms with Crippen LogP contribution in [0.3, 0.4) is 0 Å². The van der Waals surface area contributed by atoms with Crippen LogP contribution in [0.5, 0.6) is 0 Å². The lowest BCUT2D eigenvalue weighted by Gasteiger charge is -2.12. The molecule has 0 amide bonds. The maximum absolute atomic E-state index is 14.7. The van der Waals surface area contributed by atoms with E-state index in [-0.39, 0.29) is 11.6 Å². The first-order chi connectivity index (χ1) is 18.0. The molecule has 0 heterocycles. The first-order valence-corrected chi connectivity index (χ1v) is 12.5. The van der Waals surface area contributed by atoms with Crippen LogP contribution in [0.1, 0.15) is 35.1 Å². The Morgan fingerprint density at radius 3 is 1.81 bits per heavy atom. The maximum Gasteiger partial charge on any atom is 0.131 e. The summed E-state index contributed by atoms with van der Waals surface area (Å²) in [6.45, 7) is 2.27. The van der Waals surface area contributed by atoms with Gasteiger partial charge in [0.25, 0.3) is 0 Å². The van der Waals surface area contributed by atoms with Gasteiger partial charge in [-0.15, -0.1) is 0 Å². The average Bonchev–Trinajstić information content (AvgIpc) is 2.94. The van der Waals surface area contributed by atoms with Gasteiger partial charge in [-0.1, -0.05) is 122 Å². The molecule has 182 valence electrons. The quantitative estimate of drug-likeness (QED) is 0.201. The minimum Gasteiger partial charge on any atom is -0.207 e. The molecule has 0 spiro atoms. The highest BCUT2D eigenvalue weighted by molar-refractivity contribution is 5.74. The molecule has 0 aromatic heterocycles. The lowest BCUT2D eigenvalue weighted by molar-refractivity contribution is 0.625. The fourth-order valence-corrected chi connectivity index (χ4v) is 4.54. The van der Waals surface area contributed by atoms with Crippen LogP contribution in [-0.4, -0.2) is 0 Å². The summed E-state index contributed by atoms with van der Waals surface area (Å²) in [6.07, 6.45) is 4.70. The van der Waals surface area contributed by atoms with Crippen LogP contribution in [0.25, 0.3) is 34.4 Å². The van der Waals surface area contributed by atoms with E-state index in [0.29, 0.717) is 11.5 Å². The van der Waals surface area contributed by atoms with E-state index in [0.717, 1.165) is 28.7 Å². The van der Waals surface area contributed by atoms with Crippen LogP contribution in [0.2, 0.25) is 0 Å². The second kappa shape index (κ2) is 11.2. The van der Waals surface area contributed by atoms with E-state index in [2.05, 4.69) is 73.7 Å². The first-order valence-electron chi connectivity index (χ1n) is 12.5. The van der Waals surface area contributed by atoms with Crippen molar-refractivity contribution >= 4 is 12.2 Å². The molecule has 1 atom stereocenters. The molecule has 5 aromatic carbocycles. The standard InChI is InChI=1S/C35H28F2/c1-25(28-5-3-2-4-6-28)23-27-10-14-30(15-11-27)29-12-7-26(8-13-29)9-16-32-17-18-33(24-35(32)37)31-19-21-34(36)22-20-31/h2-22,24-25H,23H2,1H3/t25-/m0/s1. The topological polar surface area (TPSA) is 0 Å². The van der Waals surface area contributed by atoms with Gasteiger partial charge in [0.1, 0.15) is 11.6 Å². The summed E-state index contributed by atoms with van der Waals surface area (Å²) < 4.78 is 27.8. The van der Waals surface area contributed by atoms with E-state index in [1.807, 2.05) is 24.3 Å². The van der Waals surface area contributed by atoms with Crippen LogP contribution in [0.4, 0.5) is 8.78 Å². The van der Waals surface area contributed by atoms with Gasteiger partial charge < -0.3 is 0 Å². The third-order valence-electron chi connectivity index (χ3n) is 6.74. The van der Waals surface area contributed by atoms with E-state index >= 15 is 0 Å². The summed E-state index contributed by atoms with van der Waals surface area (Å²) in [6, 6.07) is 38.8. The van der Waals surface area contributed by atoms with E-state index in [4.69, 9.17) is 0 Å². The Morgan fingerprint density at radius 2 is 1.16 bits per heavy atom. The second-order valence-electron chi connectivity index (χ2n) is 9.41. The zero-order valence-electron chi connectivity index (χ0n) is 20.7. The van der Waals surface area contributed by atoms with Crippen molar-refractivity contribution in [1.29, 1.82) is 0 Å². The highest BCUT2D eigenvalue weighted by Crippen LogP contribution is 2.26. The van der Waals surface area contributed by atoms with Crippen molar-refractivity contribution < 1.29 is 8.78 Å². The average molecular weight is 487 g/mol. The minimum absolute atomic E-state index is 0.305. The Hall–Kier alpha value is -4.30. The SMILES string of the molecule is C[C@@H](Cc1ccc(-c2ccc(C=Cc3ccc(-c4ccc(F)cc4)cc3F)cc2)cc1)c1ccccc1. The van der Waals surface area contributed by atoms with Crippen LogP contribution < -0.4 is 0 Å². The zero-order chi connectivity index (χ0) is 25.6. The van der Waals surface area contributed by atoms with Crippen molar-refractivity contribution in [2.24, 2.45) is 0 Å². The molecule has 37 heavy (non-hydrogen) atoms. The summed E-state index contributed by atoms with van der Waals surface area (Å²) in [5.74, 6) is -0.140. The van der Waals surface area contributed by atoms with Gasteiger partial charge in [-0.3, -0.25) is 0 Å². The molecule has 0 saturated heterocycles. The largest absolute Gasteiger partial charge is 0.207 e. The molecule has 0 aliphatic carbocycles. The predicted molar refractivity (Wildman–Crippen MR) is 151 cm³/mol. The third kappa shape index (κ3) is 6.10. The van der Waals surface area contributed by atoms with Gasteiger partial charge >= 0.3 is 0 Å². The summed E-state index contributed by atoms with van der Waals surface area (Å²) in [4.78, 5) is 0. The molecule has 5 rings (SSSR count). The fraction of sp³-hybridized carbons (Fsp3) is 0.0857. The number of rotatable bonds is 7. The Bertz CT molecular complexity index is 1480. The molecule has 2 heteroatoms. The summed E-state index contributed by atoms with van der Waals surface area (Å²) in [5.41, 5.74) is 8.02. The number of hydrogen-bond acceptors (Lipinski definition) is 0. The molecule has 0 bridgehead atoms. The normalized spacial score (nSPS) is 12.1. The summed E-state index contributed by atoms with van der Waals surface area (Å²) >= 11 is 0. The van der Waals surface area contributed by atoms with Gasteiger partial charge in [0.15, 0.2) is 0 Å². The zero-order valence-corrected chi connectivity index (χ0v) is 20.7. The van der Waals surface area contributed by atoms with Crippen LogP contribution in [0.15, 0.2) is 121 Å². The Kier molecular flexibility index (Phi) is 7.37. The van der Waals surface area contributed by atoms with Gasteiger partial charge in [-0.25, -0.2) is 8.78 Å². The van der Waals surface area contributed by atoms with Gasteiger partial charge in [0, 0.05) is 5.56 Å². The minimum atomic E-state index is -0.309. The molecular weight excluding hydrogens is 458 g/mol. The van der Waals surface area contributed by atoms with E-state index in [9.17, 15) is 8.78 Å². The number of hydrogen-bond donors (Lipinski definition) is 0. The summed E-state index contributed by atoms with van der Waals surface area (Å²) in [5, 5.41) is 0. The van der Waals surface area contributed by atoms with Crippen molar-refractivity contribution in [2.45, 2.75) is 19.3 Å². The molecule has 0 N–H and O–H groups in total. The molecule has 0 fully saturated rings. The van der Waals surface area contributed by atoms with Gasteiger partial charge in [-0.2, -0.15) is 0 Å². The van der Waals surface area contributed by atoms with Gasteiger partial charge in [0.2, 0.25) is 0 Å². The second-order valence-corrected chi connectivity index (χ2v) is 9.41. The van der Waals surface area contributed by atoms with Crippen LogP contribution >= 0.6 is 0 Å². The highest BCUT2D eigenvalue weighted by Gasteiger charge is 2.07. The summed E-state index contributed by atoms with van der Waals surface area (Å²) in [7, 11) is 0. The predicted octanol–water partition coefficient (Wildman–Crippen LogP) is 9.82. The third-order valence-corrected chi connectivity index (χ3v) is 6.74.